The number of rotatable bonds is 4. The van der Waals surface area contributed by atoms with Crippen LogP contribution in [0.4, 0.5) is 0 Å². The number of amides is 1. The maximum absolute atomic E-state index is 11.9. The van der Waals surface area contributed by atoms with Crippen molar-refractivity contribution in [2.75, 3.05) is 13.7 Å². The second kappa shape index (κ2) is 5.64. The van der Waals surface area contributed by atoms with Crippen LogP contribution in [-0.4, -0.2) is 37.2 Å². The van der Waals surface area contributed by atoms with Crippen LogP contribution >= 0.6 is 0 Å². The third kappa shape index (κ3) is 3.46. The monoisotopic (exact) mass is 228 g/mol. The lowest BCUT2D eigenvalue weighted by Gasteiger charge is -2.32. The molecule has 0 aliphatic carbocycles. The quantitative estimate of drug-likeness (QED) is 0.756. The van der Waals surface area contributed by atoms with Gasteiger partial charge in [0.1, 0.15) is 5.60 Å². The van der Waals surface area contributed by atoms with Gasteiger partial charge in [-0.15, -0.1) is 0 Å². The summed E-state index contributed by atoms with van der Waals surface area (Å²) >= 11 is 0. The number of ether oxygens (including phenoxy) is 1. The standard InChI is InChI=1S/C12H24N2O2/c1-9(10-7-5-6-8-13-10)14-11(15)12(2,3)16-4/h9-10,13H,5-8H2,1-4H3,(H,14,15). The van der Waals surface area contributed by atoms with Crippen LogP contribution in [0.1, 0.15) is 40.0 Å². The maximum Gasteiger partial charge on any atom is 0.251 e. The molecule has 0 bridgehead atoms. The van der Waals surface area contributed by atoms with Crippen molar-refractivity contribution in [3.63, 3.8) is 0 Å². The molecular weight excluding hydrogens is 204 g/mol. The lowest BCUT2D eigenvalue weighted by Crippen LogP contribution is -2.54. The fraction of sp³-hybridized carbons (Fsp3) is 0.917. The summed E-state index contributed by atoms with van der Waals surface area (Å²) in [6.45, 7) is 6.66. The first-order valence-corrected chi connectivity index (χ1v) is 6.07. The summed E-state index contributed by atoms with van der Waals surface area (Å²) in [6.07, 6.45) is 3.61. The fourth-order valence-electron chi connectivity index (χ4n) is 1.88. The summed E-state index contributed by atoms with van der Waals surface area (Å²) in [4.78, 5) is 11.9. The zero-order chi connectivity index (χ0) is 12.2. The molecule has 1 saturated heterocycles. The molecule has 94 valence electrons. The van der Waals surface area contributed by atoms with Gasteiger partial charge in [0.15, 0.2) is 0 Å². The van der Waals surface area contributed by atoms with Gasteiger partial charge in [0.2, 0.25) is 0 Å². The van der Waals surface area contributed by atoms with Crippen LogP contribution in [0.5, 0.6) is 0 Å². The second-order valence-electron chi connectivity index (χ2n) is 5.03. The van der Waals surface area contributed by atoms with Gasteiger partial charge in [-0.05, 0) is 40.2 Å². The highest BCUT2D eigenvalue weighted by Gasteiger charge is 2.30. The number of hydrogen-bond donors (Lipinski definition) is 2. The van der Waals surface area contributed by atoms with E-state index in [1.165, 1.54) is 12.8 Å². The molecule has 0 aromatic rings. The van der Waals surface area contributed by atoms with E-state index in [9.17, 15) is 4.79 Å². The number of nitrogens with one attached hydrogen (secondary N) is 2. The second-order valence-corrected chi connectivity index (χ2v) is 5.03. The van der Waals surface area contributed by atoms with Crippen LogP contribution in [0.25, 0.3) is 0 Å². The topological polar surface area (TPSA) is 50.4 Å². The van der Waals surface area contributed by atoms with Crippen LogP contribution in [0.2, 0.25) is 0 Å². The van der Waals surface area contributed by atoms with Crippen LogP contribution < -0.4 is 10.6 Å². The van der Waals surface area contributed by atoms with E-state index in [1.54, 1.807) is 21.0 Å². The van der Waals surface area contributed by atoms with Gasteiger partial charge in [-0.3, -0.25) is 4.79 Å². The van der Waals surface area contributed by atoms with E-state index >= 15 is 0 Å². The van der Waals surface area contributed by atoms with Gasteiger partial charge < -0.3 is 15.4 Å². The first-order chi connectivity index (χ1) is 7.47. The van der Waals surface area contributed by atoms with Gasteiger partial charge >= 0.3 is 0 Å². The molecule has 1 aliphatic rings. The minimum Gasteiger partial charge on any atom is -0.369 e. The Morgan fingerprint density at radius 2 is 2.19 bits per heavy atom. The van der Waals surface area contributed by atoms with E-state index in [0.717, 1.165) is 13.0 Å². The molecule has 1 heterocycles. The third-order valence-corrected chi connectivity index (χ3v) is 3.37. The number of piperidine rings is 1. The third-order valence-electron chi connectivity index (χ3n) is 3.37. The molecule has 4 heteroatoms. The van der Waals surface area contributed by atoms with Gasteiger partial charge in [-0.2, -0.15) is 0 Å². The van der Waals surface area contributed by atoms with Crippen LogP contribution in [0.15, 0.2) is 0 Å². The molecule has 1 aliphatic heterocycles. The number of carbonyl (C=O) groups is 1. The van der Waals surface area contributed by atoms with Gasteiger partial charge in [-0.1, -0.05) is 6.42 Å². The summed E-state index contributed by atoms with van der Waals surface area (Å²) in [5.74, 6) is -0.0464. The zero-order valence-electron chi connectivity index (χ0n) is 10.8. The smallest absolute Gasteiger partial charge is 0.251 e. The summed E-state index contributed by atoms with van der Waals surface area (Å²) in [5, 5.41) is 6.45. The number of hydrogen-bond acceptors (Lipinski definition) is 3. The number of carbonyl (C=O) groups excluding carboxylic acids is 1. The molecular formula is C12H24N2O2. The summed E-state index contributed by atoms with van der Waals surface area (Å²) in [5.41, 5.74) is -0.747. The van der Waals surface area contributed by atoms with Crippen LogP contribution in [0.3, 0.4) is 0 Å². The lowest BCUT2D eigenvalue weighted by molar-refractivity contribution is -0.140. The minimum atomic E-state index is -0.747. The molecule has 2 unspecified atom stereocenters. The first-order valence-electron chi connectivity index (χ1n) is 6.07. The summed E-state index contributed by atoms with van der Waals surface area (Å²) < 4.78 is 5.16. The highest BCUT2D eigenvalue weighted by Crippen LogP contribution is 2.12. The predicted octanol–water partition coefficient (Wildman–Crippen LogP) is 1.06. The van der Waals surface area contributed by atoms with Gasteiger partial charge in [0.05, 0.1) is 0 Å². The van der Waals surface area contributed by atoms with E-state index in [1.807, 2.05) is 6.92 Å². The lowest BCUT2D eigenvalue weighted by atomic mass is 9.98. The summed E-state index contributed by atoms with van der Waals surface area (Å²) in [6, 6.07) is 0.549. The SMILES string of the molecule is COC(C)(C)C(=O)NC(C)C1CCCCN1. The van der Waals surface area contributed by atoms with Crippen molar-refractivity contribution in [1.29, 1.82) is 0 Å². The van der Waals surface area contributed by atoms with E-state index in [-0.39, 0.29) is 11.9 Å². The molecule has 0 aromatic carbocycles. The molecule has 4 nitrogen and oxygen atoms in total. The van der Waals surface area contributed by atoms with Crippen LogP contribution in [0, 0.1) is 0 Å². The molecule has 0 radical (unpaired) electrons. The Labute approximate surface area is 98.1 Å². The van der Waals surface area contributed by atoms with Crippen molar-refractivity contribution in [3.8, 4) is 0 Å². The molecule has 16 heavy (non-hydrogen) atoms. The van der Waals surface area contributed by atoms with Crippen LogP contribution in [-0.2, 0) is 9.53 Å². The summed E-state index contributed by atoms with van der Waals surface area (Å²) in [7, 11) is 1.56. The Balaban J connectivity index is 2.43. The van der Waals surface area contributed by atoms with Crippen molar-refractivity contribution in [2.24, 2.45) is 0 Å². The molecule has 1 rings (SSSR count). The highest BCUT2D eigenvalue weighted by molar-refractivity contribution is 5.84. The Morgan fingerprint density at radius 1 is 1.50 bits per heavy atom. The van der Waals surface area contributed by atoms with Gasteiger partial charge in [0.25, 0.3) is 5.91 Å². The molecule has 2 atom stereocenters. The zero-order valence-corrected chi connectivity index (χ0v) is 10.8. The Morgan fingerprint density at radius 3 is 2.69 bits per heavy atom. The van der Waals surface area contributed by atoms with Gasteiger partial charge in [-0.25, -0.2) is 0 Å². The van der Waals surface area contributed by atoms with Crippen molar-refractivity contribution in [2.45, 2.75) is 57.7 Å². The van der Waals surface area contributed by atoms with E-state index < -0.39 is 5.60 Å². The largest absolute Gasteiger partial charge is 0.369 e. The Bertz CT molecular complexity index is 235. The molecule has 1 fully saturated rings. The molecule has 1 amide bonds. The van der Waals surface area contributed by atoms with E-state index in [4.69, 9.17) is 4.74 Å². The predicted molar refractivity (Wildman–Crippen MR) is 64.3 cm³/mol. The molecule has 0 saturated carbocycles. The Kier molecular flexibility index (Phi) is 4.74. The fourth-order valence-corrected chi connectivity index (χ4v) is 1.88. The van der Waals surface area contributed by atoms with E-state index in [0.29, 0.717) is 6.04 Å². The first kappa shape index (κ1) is 13.5. The molecule has 0 spiro atoms. The highest BCUT2D eigenvalue weighted by atomic mass is 16.5. The molecule has 2 N–H and O–H groups in total. The van der Waals surface area contributed by atoms with Crippen molar-refractivity contribution in [3.05, 3.63) is 0 Å². The van der Waals surface area contributed by atoms with Crippen molar-refractivity contribution < 1.29 is 9.53 Å². The minimum absolute atomic E-state index is 0.0464. The normalized spacial score (nSPS) is 23.9. The average molecular weight is 228 g/mol. The molecule has 0 aromatic heterocycles. The van der Waals surface area contributed by atoms with E-state index in [2.05, 4.69) is 10.6 Å². The average Bonchev–Trinajstić information content (AvgIpc) is 2.30. The van der Waals surface area contributed by atoms with Crippen molar-refractivity contribution in [1.82, 2.24) is 10.6 Å². The van der Waals surface area contributed by atoms with Gasteiger partial charge in [0, 0.05) is 19.2 Å². The van der Waals surface area contributed by atoms with Crippen molar-refractivity contribution >= 4 is 5.91 Å². The Hall–Kier alpha value is -0.610. The number of methoxy groups -OCH3 is 1. The maximum atomic E-state index is 11.9.